The maximum absolute atomic E-state index is 6.05. The minimum Gasteiger partial charge on any atom is -0.399 e. The highest BCUT2D eigenvalue weighted by Gasteiger charge is 1.98. The highest BCUT2D eigenvalue weighted by Crippen LogP contribution is 2.23. The van der Waals surface area contributed by atoms with Crippen LogP contribution in [0.3, 0.4) is 0 Å². The number of nitrogens with two attached hydrogens (primary N) is 1. The number of hydrogen-bond acceptors (Lipinski definition) is 2. The van der Waals surface area contributed by atoms with E-state index >= 15 is 0 Å². The van der Waals surface area contributed by atoms with E-state index in [4.69, 9.17) is 17.3 Å². The summed E-state index contributed by atoms with van der Waals surface area (Å²) in [6.07, 6.45) is 0. The average Bonchev–Trinajstić information content (AvgIpc) is 2.27. The van der Waals surface area contributed by atoms with Crippen molar-refractivity contribution in [2.24, 2.45) is 0 Å². The Balaban J connectivity index is 2.20. The normalized spacial score (nSPS) is 10.1. The molecular weight excluding hydrogens is 220 g/mol. The van der Waals surface area contributed by atoms with Gasteiger partial charge in [-0.25, -0.2) is 0 Å². The monoisotopic (exact) mass is 232 g/mol. The summed E-state index contributed by atoms with van der Waals surface area (Å²) in [5, 5.41) is 4.02. The molecule has 0 atom stereocenters. The van der Waals surface area contributed by atoms with Crippen LogP contribution in [0.5, 0.6) is 0 Å². The van der Waals surface area contributed by atoms with Crippen LogP contribution in [-0.2, 0) is 0 Å². The summed E-state index contributed by atoms with van der Waals surface area (Å²) in [5.74, 6) is 0. The first-order valence-electron chi connectivity index (χ1n) is 5.04. The molecule has 3 heteroatoms. The van der Waals surface area contributed by atoms with Gasteiger partial charge in [0.1, 0.15) is 0 Å². The Hall–Kier alpha value is -1.67. The van der Waals surface area contributed by atoms with E-state index in [9.17, 15) is 0 Å². The summed E-state index contributed by atoms with van der Waals surface area (Å²) >= 11 is 6.05. The van der Waals surface area contributed by atoms with Crippen LogP contribution < -0.4 is 11.1 Å². The van der Waals surface area contributed by atoms with Crippen LogP contribution in [0.15, 0.2) is 42.5 Å². The lowest BCUT2D eigenvalue weighted by Gasteiger charge is -2.08. The first kappa shape index (κ1) is 10.8. The number of benzene rings is 2. The van der Waals surface area contributed by atoms with Crippen LogP contribution in [0.1, 0.15) is 5.56 Å². The fourth-order valence-corrected chi connectivity index (χ4v) is 1.58. The van der Waals surface area contributed by atoms with Crippen molar-refractivity contribution in [3.8, 4) is 0 Å². The second kappa shape index (κ2) is 4.45. The van der Waals surface area contributed by atoms with Crippen molar-refractivity contribution in [1.29, 1.82) is 0 Å². The number of rotatable bonds is 2. The van der Waals surface area contributed by atoms with E-state index in [1.54, 1.807) is 0 Å². The van der Waals surface area contributed by atoms with Gasteiger partial charge in [-0.1, -0.05) is 17.7 Å². The molecule has 82 valence electrons. The van der Waals surface area contributed by atoms with Crippen LogP contribution in [0.2, 0.25) is 5.02 Å². The van der Waals surface area contributed by atoms with Gasteiger partial charge in [0.25, 0.3) is 0 Å². The summed E-state index contributed by atoms with van der Waals surface area (Å²) in [7, 11) is 0. The second-order valence-corrected chi connectivity index (χ2v) is 4.12. The molecule has 2 nitrogen and oxygen atoms in total. The Morgan fingerprint density at radius 1 is 1.00 bits per heavy atom. The quantitative estimate of drug-likeness (QED) is 0.769. The van der Waals surface area contributed by atoms with Crippen LogP contribution in [0.4, 0.5) is 17.1 Å². The molecule has 0 spiro atoms. The zero-order valence-corrected chi connectivity index (χ0v) is 9.75. The van der Waals surface area contributed by atoms with E-state index in [0.717, 1.165) is 27.6 Å². The van der Waals surface area contributed by atoms with Gasteiger partial charge in [0.05, 0.1) is 0 Å². The molecule has 0 aromatic heterocycles. The predicted molar refractivity (Wildman–Crippen MR) is 70.3 cm³/mol. The van der Waals surface area contributed by atoms with Crippen molar-refractivity contribution in [3.05, 3.63) is 53.1 Å². The highest BCUT2D eigenvalue weighted by atomic mass is 35.5. The van der Waals surface area contributed by atoms with Crippen LogP contribution in [0.25, 0.3) is 0 Å². The second-order valence-electron chi connectivity index (χ2n) is 3.71. The predicted octanol–water partition coefficient (Wildman–Crippen LogP) is 3.97. The van der Waals surface area contributed by atoms with Gasteiger partial charge in [0, 0.05) is 22.1 Å². The van der Waals surface area contributed by atoms with Gasteiger partial charge >= 0.3 is 0 Å². The third-order valence-corrected chi connectivity index (χ3v) is 2.78. The minimum absolute atomic E-state index is 0.757. The molecule has 0 unspecified atom stereocenters. The first-order chi connectivity index (χ1) is 7.65. The van der Waals surface area contributed by atoms with E-state index in [-0.39, 0.29) is 0 Å². The molecule has 0 aliphatic rings. The maximum Gasteiger partial charge on any atom is 0.0455 e. The molecule has 0 fully saturated rings. The van der Waals surface area contributed by atoms with E-state index in [1.165, 1.54) is 0 Å². The third kappa shape index (κ3) is 2.47. The van der Waals surface area contributed by atoms with Crippen molar-refractivity contribution in [3.63, 3.8) is 0 Å². The lowest BCUT2D eigenvalue weighted by Crippen LogP contribution is -1.91. The SMILES string of the molecule is Cc1ccc(Nc2ccc(N)cc2)cc1Cl. The van der Waals surface area contributed by atoms with E-state index in [1.807, 2.05) is 49.4 Å². The zero-order valence-electron chi connectivity index (χ0n) is 9.00. The number of hydrogen-bond donors (Lipinski definition) is 2. The molecule has 0 amide bonds. The summed E-state index contributed by atoms with van der Waals surface area (Å²) in [6.45, 7) is 1.98. The molecule has 0 radical (unpaired) electrons. The van der Waals surface area contributed by atoms with E-state index in [2.05, 4.69) is 5.32 Å². The number of nitrogens with one attached hydrogen (secondary N) is 1. The van der Waals surface area contributed by atoms with Gasteiger partial charge in [-0.15, -0.1) is 0 Å². The fraction of sp³-hybridized carbons (Fsp3) is 0.0769. The number of halogens is 1. The van der Waals surface area contributed by atoms with Gasteiger partial charge < -0.3 is 11.1 Å². The molecule has 3 N–H and O–H groups in total. The van der Waals surface area contributed by atoms with Crippen molar-refractivity contribution < 1.29 is 0 Å². The maximum atomic E-state index is 6.05. The molecule has 2 aromatic carbocycles. The molecule has 0 saturated carbocycles. The standard InChI is InChI=1S/C13H13ClN2/c1-9-2-5-12(8-13(9)14)16-11-6-3-10(15)4-7-11/h2-8,16H,15H2,1H3. The van der Waals surface area contributed by atoms with Crippen LogP contribution >= 0.6 is 11.6 Å². The molecule has 16 heavy (non-hydrogen) atoms. The largest absolute Gasteiger partial charge is 0.399 e. The molecular formula is C13H13ClN2. The first-order valence-corrected chi connectivity index (χ1v) is 5.42. The molecule has 0 heterocycles. The summed E-state index contributed by atoms with van der Waals surface area (Å²) < 4.78 is 0. The van der Waals surface area contributed by atoms with E-state index in [0.29, 0.717) is 0 Å². The molecule has 0 aliphatic heterocycles. The molecule has 2 rings (SSSR count). The zero-order chi connectivity index (χ0) is 11.5. The highest BCUT2D eigenvalue weighted by molar-refractivity contribution is 6.31. The molecule has 0 aliphatic carbocycles. The number of nitrogen functional groups attached to an aromatic ring is 1. The van der Waals surface area contributed by atoms with Gasteiger partial charge in [0.2, 0.25) is 0 Å². The van der Waals surface area contributed by atoms with Gasteiger partial charge in [-0.05, 0) is 48.9 Å². The summed E-state index contributed by atoms with van der Waals surface area (Å²) in [6, 6.07) is 13.5. The molecule has 0 saturated heterocycles. The fourth-order valence-electron chi connectivity index (χ4n) is 1.40. The van der Waals surface area contributed by atoms with Gasteiger partial charge in [-0.2, -0.15) is 0 Å². The molecule has 2 aromatic rings. The number of aryl methyl sites for hydroxylation is 1. The van der Waals surface area contributed by atoms with Gasteiger partial charge in [-0.3, -0.25) is 0 Å². The minimum atomic E-state index is 0.757. The topological polar surface area (TPSA) is 38.0 Å². The third-order valence-electron chi connectivity index (χ3n) is 2.37. The Morgan fingerprint density at radius 2 is 1.62 bits per heavy atom. The van der Waals surface area contributed by atoms with Crippen molar-refractivity contribution in [1.82, 2.24) is 0 Å². The van der Waals surface area contributed by atoms with Crippen LogP contribution in [0, 0.1) is 6.92 Å². The lowest BCUT2D eigenvalue weighted by molar-refractivity contribution is 1.45. The summed E-state index contributed by atoms with van der Waals surface area (Å²) in [4.78, 5) is 0. The molecule has 0 bridgehead atoms. The summed E-state index contributed by atoms with van der Waals surface area (Å²) in [5.41, 5.74) is 9.41. The Morgan fingerprint density at radius 3 is 2.25 bits per heavy atom. The Labute approximate surface area is 100 Å². The lowest BCUT2D eigenvalue weighted by atomic mass is 10.2. The van der Waals surface area contributed by atoms with Crippen molar-refractivity contribution in [2.75, 3.05) is 11.1 Å². The van der Waals surface area contributed by atoms with E-state index < -0.39 is 0 Å². The van der Waals surface area contributed by atoms with Crippen molar-refractivity contribution >= 4 is 28.7 Å². The Kier molecular flexibility index (Phi) is 3.02. The smallest absolute Gasteiger partial charge is 0.0455 e. The number of anilines is 3. The van der Waals surface area contributed by atoms with Gasteiger partial charge in [0.15, 0.2) is 0 Å². The van der Waals surface area contributed by atoms with Crippen molar-refractivity contribution in [2.45, 2.75) is 6.92 Å². The average molecular weight is 233 g/mol. The Bertz CT molecular complexity index is 492. The van der Waals surface area contributed by atoms with Crippen LogP contribution in [-0.4, -0.2) is 0 Å².